The highest BCUT2D eigenvalue weighted by atomic mass is 35.5. The van der Waals surface area contributed by atoms with Gasteiger partial charge in [0.05, 0.1) is 17.2 Å². The minimum atomic E-state index is -4.49. The van der Waals surface area contributed by atoms with Gasteiger partial charge in [-0.2, -0.15) is 5.10 Å². The minimum Gasteiger partial charge on any atom is -0.348 e. The first-order valence-corrected chi connectivity index (χ1v) is 15.0. The van der Waals surface area contributed by atoms with Crippen molar-refractivity contribution in [2.24, 2.45) is 5.14 Å². The zero-order valence-corrected chi connectivity index (χ0v) is 22.1. The molecule has 2 aromatic heterocycles. The largest absolute Gasteiger partial charge is 0.348 e. The van der Waals surface area contributed by atoms with Gasteiger partial charge in [-0.3, -0.25) is 4.79 Å². The molecule has 3 heterocycles. The highest BCUT2D eigenvalue weighted by Crippen LogP contribution is 2.37. The Labute approximate surface area is 222 Å². The number of hydrogen-bond acceptors (Lipinski definition) is 7. The molecule has 1 atom stereocenters. The summed E-state index contributed by atoms with van der Waals surface area (Å²) in [6.45, 7) is 0. The highest BCUT2D eigenvalue weighted by molar-refractivity contribution is 7.91. The molecule has 1 amide bonds. The standard InChI is InChI=1S/C23H19Cl2N5O5S2/c24-14-7-5-13(6-8-14)20-17(16-3-1-2-4-18(16)25)11-27-21-19(23(29-30(20)21)37(26,34)35)22(31)28-15-9-10-36(32,33)12-15/h1-8,11,15H,9-10,12H2,(H,28,31)(H2,26,34,35). The normalized spacial score (nSPS) is 17.2. The number of nitrogens with two attached hydrogens (primary N) is 1. The average Bonchev–Trinajstić information content (AvgIpc) is 3.39. The Kier molecular flexibility index (Phi) is 6.49. The van der Waals surface area contributed by atoms with E-state index in [9.17, 15) is 21.6 Å². The summed E-state index contributed by atoms with van der Waals surface area (Å²) in [4.78, 5) is 17.7. The van der Waals surface area contributed by atoms with E-state index in [4.69, 9.17) is 28.3 Å². The van der Waals surface area contributed by atoms with Crippen molar-refractivity contribution < 1.29 is 21.6 Å². The third kappa shape index (κ3) is 4.94. The number of amides is 1. The van der Waals surface area contributed by atoms with Crippen molar-refractivity contribution >= 4 is 54.6 Å². The van der Waals surface area contributed by atoms with E-state index in [0.29, 0.717) is 32.4 Å². The van der Waals surface area contributed by atoms with Crippen LogP contribution in [0.1, 0.15) is 16.8 Å². The number of sulfone groups is 1. The van der Waals surface area contributed by atoms with Crippen LogP contribution in [0, 0.1) is 0 Å². The fourth-order valence-corrected chi connectivity index (χ4v) is 6.99. The van der Waals surface area contributed by atoms with Crippen LogP contribution in [-0.4, -0.2) is 54.9 Å². The van der Waals surface area contributed by atoms with Crippen molar-refractivity contribution in [1.82, 2.24) is 19.9 Å². The van der Waals surface area contributed by atoms with E-state index in [2.05, 4.69) is 15.4 Å². The molecular weight excluding hydrogens is 561 g/mol. The molecule has 1 saturated heterocycles. The van der Waals surface area contributed by atoms with Crippen LogP contribution >= 0.6 is 23.2 Å². The van der Waals surface area contributed by atoms with E-state index in [1.165, 1.54) is 10.7 Å². The lowest BCUT2D eigenvalue weighted by Crippen LogP contribution is -2.36. The zero-order chi connectivity index (χ0) is 26.5. The van der Waals surface area contributed by atoms with Crippen molar-refractivity contribution in [2.75, 3.05) is 11.5 Å². The van der Waals surface area contributed by atoms with Gasteiger partial charge in [0, 0.05) is 39.0 Å². The number of aromatic nitrogens is 3. The number of benzene rings is 2. The summed E-state index contributed by atoms with van der Waals surface area (Å²) in [5.74, 6) is -1.17. The van der Waals surface area contributed by atoms with Crippen molar-refractivity contribution in [2.45, 2.75) is 17.5 Å². The lowest BCUT2D eigenvalue weighted by Gasteiger charge is -2.14. The topological polar surface area (TPSA) is 154 Å². The van der Waals surface area contributed by atoms with Crippen LogP contribution in [0.2, 0.25) is 10.0 Å². The Morgan fingerprint density at radius 2 is 1.78 bits per heavy atom. The smallest absolute Gasteiger partial charge is 0.258 e. The Morgan fingerprint density at radius 3 is 2.41 bits per heavy atom. The summed E-state index contributed by atoms with van der Waals surface area (Å²) >= 11 is 12.5. The van der Waals surface area contributed by atoms with E-state index in [-0.39, 0.29) is 29.1 Å². The minimum absolute atomic E-state index is 0.0745. The molecule has 0 radical (unpaired) electrons. The Hall–Kier alpha value is -3.03. The van der Waals surface area contributed by atoms with Gasteiger partial charge in [0.2, 0.25) is 5.03 Å². The van der Waals surface area contributed by atoms with Crippen LogP contribution in [0.3, 0.4) is 0 Å². The quantitative estimate of drug-likeness (QED) is 0.368. The van der Waals surface area contributed by atoms with E-state index in [1.54, 1.807) is 48.5 Å². The SMILES string of the molecule is NS(=O)(=O)c1nn2c(-c3ccc(Cl)cc3)c(-c3ccccc3Cl)cnc2c1C(=O)NC1CCS(=O)(=O)C1. The number of hydrogen-bond donors (Lipinski definition) is 2. The molecule has 37 heavy (non-hydrogen) atoms. The first-order valence-electron chi connectivity index (χ1n) is 10.9. The first kappa shape index (κ1) is 25.6. The third-order valence-electron chi connectivity index (χ3n) is 5.96. The van der Waals surface area contributed by atoms with Crippen LogP contribution in [0.5, 0.6) is 0 Å². The average molecular weight is 580 g/mol. The molecule has 0 spiro atoms. The van der Waals surface area contributed by atoms with Crippen molar-refractivity contribution in [3.63, 3.8) is 0 Å². The molecule has 14 heteroatoms. The van der Waals surface area contributed by atoms with Crippen LogP contribution in [-0.2, 0) is 19.9 Å². The van der Waals surface area contributed by atoms with Gasteiger partial charge >= 0.3 is 0 Å². The molecular formula is C23H19Cl2N5O5S2. The van der Waals surface area contributed by atoms with Crippen LogP contribution < -0.4 is 10.5 Å². The summed E-state index contributed by atoms with van der Waals surface area (Å²) in [5.41, 5.74) is 1.62. The highest BCUT2D eigenvalue weighted by Gasteiger charge is 2.34. The Bertz CT molecular complexity index is 1770. The number of fused-ring (bicyclic) bond motifs is 1. The summed E-state index contributed by atoms with van der Waals surface area (Å²) in [6.07, 6.45) is 1.67. The molecule has 1 aliphatic rings. The van der Waals surface area contributed by atoms with Crippen LogP contribution in [0.4, 0.5) is 0 Å². The number of rotatable bonds is 5. The molecule has 0 aliphatic carbocycles. The summed E-state index contributed by atoms with van der Waals surface area (Å²) in [7, 11) is -7.78. The number of carbonyl (C=O) groups is 1. The molecule has 4 aromatic rings. The molecule has 1 unspecified atom stereocenters. The zero-order valence-electron chi connectivity index (χ0n) is 18.9. The predicted octanol–water partition coefficient (Wildman–Crippen LogP) is 2.93. The monoisotopic (exact) mass is 579 g/mol. The number of carbonyl (C=O) groups excluding carboxylic acids is 1. The number of sulfonamides is 1. The fourth-order valence-electron chi connectivity index (χ4n) is 4.29. The number of halogens is 2. The molecule has 3 N–H and O–H groups in total. The summed E-state index contributed by atoms with van der Waals surface area (Å²) in [6, 6.07) is 13.0. The second-order valence-electron chi connectivity index (χ2n) is 8.54. The van der Waals surface area contributed by atoms with Gasteiger partial charge in [0.1, 0.15) is 5.56 Å². The molecule has 10 nitrogen and oxygen atoms in total. The van der Waals surface area contributed by atoms with E-state index < -0.39 is 36.8 Å². The maximum absolute atomic E-state index is 13.3. The van der Waals surface area contributed by atoms with Gasteiger partial charge in [0.25, 0.3) is 15.9 Å². The molecule has 192 valence electrons. The Morgan fingerprint density at radius 1 is 1.08 bits per heavy atom. The van der Waals surface area contributed by atoms with Gasteiger partial charge in [-0.1, -0.05) is 53.5 Å². The van der Waals surface area contributed by atoms with Gasteiger partial charge in [-0.05, 0) is 24.6 Å². The van der Waals surface area contributed by atoms with Gasteiger partial charge in [0.15, 0.2) is 15.5 Å². The second-order valence-corrected chi connectivity index (χ2v) is 13.1. The van der Waals surface area contributed by atoms with E-state index in [0.717, 1.165) is 0 Å². The van der Waals surface area contributed by atoms with E-state index in [1.807, 2.05) is 0 Å². The van der Waals surface area contributed by atoms with Crippen molar-refractivity contribution in [3.8, 4) is 22.4 Å². The molecule has 5 rings (SSSR count). The second kappa shape index (κ2) is 9.37. The van der Waals surface area contributed by atoms with Gasteiger partial charge in [-0.25, -0.2) is 31.5 Å². The van der Waals surface area contributed by atoms with Crippen molar-refractivity contribution in [3.05, 3.63) is 70.3 Å². The molecule has 1 aliphatic heterocycles. The number of primary sulfonamides is 1. The maximum Gasteiger partial charge on any atom is 0.258 e. The lowest BCUT2D eigenvalue weighted by atomic mass is 10.0. The van der Waals surface area contributed by atoms with Crippen molar-refractivity contribution in [1.29, 1.82) is 0 Å². The van der Waals surface area contributed by atoms with E-state index >= 15 is 0 Å². The number of nitrogens with one attached hydrogen (secondary N) is 1. The fraction of sp³-hybridized carbons (Fsp3) is 0.174. The maximum atomic E-state index is 13.3. The molecule has 2 aromatic carbocycles. The van der Waals surface area contributed by atoms with Gasteiger partial charge < -0.3 is 5.32 Å². The lowest BCUT2D eigenvalue weighted by molar-refractivity contribution is 0.0939. The summed E-state index contributed by atoms with van der Waals surface area (Å²) < 4.78 is 50.0. The molecule has 0 bridgehead atoms. The molecule has 0 saturated carbocycles. The summed E-state index contributed by atoms with van der Waals surface area (Å²) in [5, 5.41) is 12.5. The number of nitrogens with zero attached hydrogens (tertiary/aromatic N) is 3. The first-order chi connectivity index (χ1) is 17.4. The van der Waals surface area contributed by atoms with Crippen LogP contribution in [0.25, 0.3) is 28.0 Å². The van der Waals surface area contributed by atoms with Crippen LogP contribution in [0.15, 0.2) is 59.8 Å². The molecule has 1 fully saturated rings. The third-order valence-corrected chi connectivity index (χ3v) is 9.13. The Balaban J connectivity index is 1.78. The van der Waals surface area contributed by atoms with Gasteiger partial charge in [-0.15, -0.1) is 0 Å². The predicted molar refractivity (Wildman–Crippen MR) is 140 cm³/mol.